The highest BCUT2D eigenvalue weighted by Crippen LogP contribution is 2.38. The van der Waals surface area contributed by atoms with Gasteiger partial charge in [0, 0.05) is 33.4 Å². The summed E-state index contributed by atoms with van der Waals surface area (Å²) >= 11 is 14.0. The molecule has 1 saturated carbocycles. The minimum absolute atomic E-state index is 0.329. The van der Waals surface area contributed by atoms with Crippen molar-refractivity contribution >= 4 is 35.0 Å². The predicted molar refractivity (Wildman–Crippen MR) is 93.6 cm³/mol. The molecule has 21 heavy (non-hydrogen) atoms. The number of benzene rings is 1. The van der Waals surface area contributed by atoms with Crippen LogP contribution in [0.4, 0.5) is 0 Å². The first-order chi connectivity index (χ1) is 10.1. The van der Waals surface area contributed by atoms with Gasteiger partial charge in [-0.3, -0.25) is 0 Å². The second-order valence-electron chi connectivity index (χ2n) is 5.76. The van der Waals surface area contributed by atoms with Gasteiger partial charge in [0.05, 0.1) is 6.10 Å². The molecule has 0 aliphatic heterocycles. The van der Waals surface area contributed by atoms with E-state index in [0.29, 0.717) is 26.9 Å². The van der Waals surface area contributed by atoms with Crippen molar-refractivity contribution in [3.8, 4) is 0 Å². The van der Waals surface area contributed by atoms with Crippen molar-refractivity contribution < 1.29 is 5.11 Å². The predicted octanol–water partition coefficient (Wildman–Crippen LogP) is 4.68. The van der Waals surface area contributed by atoms with Gasteiger partial charge in [-0.1, -0.05) is 42.5 Å². The van der Waals surface area contributed by atoms with Crippen molar-refractivity contribution in [2.24, 2.45) is 0 Å². The van der Waals surface area contributed by atoms with Crippen molar-refractivity contribution in [2.45, 2.75) is 43.0 Å². The maximum absolute atomic E-state index is 10.3. The van der Waals surface area contributed by atoms with Gasteiger partial charge in [0.2, 0.25) is 0 Å². The highest BCUT2D eigenvalue weighted by molar-refractivity contribution is 8.00. The minimum Gasteiger partial charge on any atom is -0.387 e. The number of aliphatic hydroxyl groups excluding tert-OH is 1. The number of rotatable bonds is 6. The number of thioether (sulfide) groups is 1. The first-order valence-corrected chi connectivity index (χ1v) is 9.43. The maximum atomic E-state index is 10.3. The van der Waals surface area contributed by atoms with Gasteiger partial charge in [-0.25, -0.2) is 0 Å². The lowest BCUT2D eigenvalue weighted by Gasteiger charge is -2.36. The van der Waals surface area contributed by atoms with Gasteiger partial charge < -0.3 is 10.4 Å². The largest absolute Gasteiger partial charge is 0.387 e. The Kier molecular flexibility index (Phi) is 6.70. The molecule has 1 aromatic carbocycles. The van der Waals surface area contributed by atoms with Crippen molar-refractivity contribution in [3.63, 3.8) is 0 Å². The van der Waals surface area contributed by atoms with E-state index >= 15 is 0 Å². The Hall–Kier alpha value is 0.0700. The van der Waals surface area contributed by atoms with Gasteiger partial charge in [0.25, 0.3) is 0 Å². The summed E-state index contributed by atoms with van der Waals surface area (Å²) in [6.07, 6.45) is 8.06. The number of aliphatic hydroxyl groups is 1. The van der Waals surface area contributed by atoms with E-state index in [-0.39, 0.29) is 0 Å². The Morgan fingerprint density at radius 2 is 2.00 bits per heavy atom. The monoisotopic (exact) mass is 347 g/mol. The number of nitrogens with one attached hydrogen (secondary N) is 1. The fourth-order valence-electron chi connectivity index (χ4n) is 2.97. The highest BCUT2D eigenvalue weighted by Gasteiger charge is 2.30. The molecule has 0 radical (unpaired) electrons. The van der Waals surface area contributed by atoms with Crippen LogP contribution in [0.2, 0.25) is 10.0 Å². The van der Waals surface area contributed by atoms with Crippen molar-refractivity contribution in [1.82, 2.24) is 5.32 Å². The Balaban J connectivity index is 1.88. The maximum Gasteiger partial charge on any atom is 0.0929 e. The minimum atomic E-state index is -0.626. The average molecular weight is 348 g/mol. The van der Waals surface area contributed by atoms with Crippen LogP contribution < -0.4 is 5.32 Å². The van der Waals surface area contributed by atoms with Gasteiger partial charge in [-0.15, -0.1) is 0 Å². The van der Waals surface area contributed by atoms with E-state index in [9.17, 15) is 5.11 Å². The summed E-state index contributed by atoms with van der Waals surface area (Å²) in [5.74, 6) is 0. The Bertz CT molecular complexity index is 464. The van der Waals surface area contributed by atoms with Crippen LogP contribution >= 0.6 is 35.0 Å². The van der Waals surface area contributed by atoms with E-state index in [1.54, 1.807) is 18.2 Å². The van der Waals surface area contributed by atoms with E-state index < -0.39 is 6.10 Å². The molecule has 0 bridgehead atoms. The van der Waals surface area contributed by atoms with Crippen LogP contribution in [0.25, 0.3) is 0 Å². The zero-order chi connectivity index (χ0) is 15.3. The van der Waals surface area contributed by atoms with E-state index in [1.165, 1.54) is 32.1 Å². The zero-order valence-electron chi connectivity index (χ0n) is 12.4. The van der Waals surface area contributed by atoms with Gasteiger partial charge in [0.1, 0.15) is 0 Å². The van der Waals surface area contributed by atoms with E-state index in [4.69, 9.17) is 23.2 Å². The number of halogens is 2. The molecular weight excluding hydrogens is 325 g/mol. The molecule has 0 amide bonds. The second kappa shape index (κ2) is 8.07. The molecule has 1 aliphatic carbocycles. The first kappa shape index (κ1) is 17.4. The van der Waals surface area contributed by atoms with Gasteiger partial charge in [0.15, 0.2) is 0 Å². The summed E-state index contributed by atoms with van der Waals surface area (Å²) in [5.41, 5.74) is 0.693. The molecule has 1 aliphatic rings. The summed E-state index contributed by atoms with van der Waals surface area (Å²) in [5, 5.41) is 14.9. The van der Waals surface area contributed by atoms with Crippen molar-refractivity contribution in [2.75, 3.05) is 19.3 Å². The summed E-state index contributed by atoms with van der Waals surface area (Å²) in [6.45, 7) is 1.44. The third-order valence-electron chi connectivity index (χ3n) is 4.30. The summed E-state index contributed by atoms with van der Waals surface area (Å²) in [6, 6.07) is 5.20. The molecule has 0 heterocycles. The standard InChI is InChI=1S/C16H23Cl2NOS/c1-21-16(7-3-2-4-8-16)11-19-10-15(20)13-9-12(17)5-6-14(13)18/h5-6,9,15,19-20H,2-4,7-8,10-11H2,1H3. The topological polar surface area (TPSA) is 32.3 Å². The Morgan fingerprint density at radius 3 is 2.67 bits per heavy atom. The lowest BCUT2D eigenvalue weighted by atomic mass is 9.88. The third kappa shape index (κ3) is 4.77. The molecular formula is C16H23Cl2NOS. The second-order valence-corrected chi connectivity index (χ2v) is 7.88. The van der Waals surface area contributed by atoms with Gasteiger partial charge >= 0.3 is 0 Å². The quantitative estimate of drug-likeness (QED) is 0.783. The molecule has 0 saturated heterocycles. The van der Waals surface area contributed by atoms with E-state index in [1.807, 2.05) is 11.8 Å². The fraction of sp³-hybridized carbons (Fsp3) is 0.625. The Labute approximate surface area is 141 Å². The molecule has 1 fully saturated rings. The zero-order valence-corrected chi connectivity index (χ0v) is 14.7. The van der Waals surface area contributed by atoms with Crippen molar-refractivity contribution in [1.29, 1.82) is 0 Å². The molecule has 1 atom stereocenters. The molecule has 2 N–H and O–H groups in total. The third-order valence-corrected chi connectivity index (χ3v) is 6.30. The lowest BCUT2D eigenvalue weighted by molar-refractivity contribution is 0.172. The van der Waals surface area contributed by atoms with Crippen LogP contribution in [0.15, 0.2) is 18.2 Å². The van der Waals surface area contributed by atoms with E-state index in [0.717, 1.165) is 6.54 Å². The average Bonchev–Trinajstić information content (AvgIpc) is 2.50. The van der Waals surface area contributed by atoms with Gasteiger partial charge in [-0.2, -0.15) is 11.8 Å². The fourth-order valence-corrected chi connectivity index (χ4v) is 4.33. The number of hydrogen-bond acceptors (Lipinski definition) is 3. The lowest BCUT2D eigenvalue weighted by Crippen LogP contribution is -2.40. The van der Waals surface area contributed by atoms with Crippen LogP contribution in [-0.4, -0.2) is 29.2 Å². The smallest absolute Gasteiger partial charge is 0.0929 e. The molecule has 118 valence electrons. The Morgan fingerprint density at radius 1 is 1.29 bits per heavy atom. The van der Waals surface area contributed by atoms with Crippen LogP contribution in [-0.2, 0) is 0 Å². The highest BCUT2D eigenvalue weighted by atomic mass is 35.5. The molecule has 0 spiro atoms. The molecule has 5 heteroatoms. The van der Waals surface area contributed by atoms with Crippen molar-refractivity contribution in [3.05, 3.63) is 33.8 Å². The summed E-state index contributed by atoms with van der Waals surface area (Å²) < 4.78 is 0.329. The normalized spacial score (nSPS) is 19.4. The molecule has 2 nitrogen and oxygen atoms in total. The van der Waals surface area contributed by atoms with Gasteiger partial charge in [-0.05, 0) is 37.3 Å². The SMILES string of the molecule is CSC1(CNCC(O)c2cc(Cl)ccc2Cl)CCCCC1. The summed E-state index contributed by atoms with van der Waals surface area (Å²) in [7, 11) is 0. The van der Waals surface area contributed by atoms with Crippen LogP contribution in [0.5, 0.6) is 0 Å². The number of hydrogen-bond donors (Lipinski definition) is 2. The molecule has 1 unspecified atom stereocenters. The van der Waals surface area contributed by atoms with Crippen LogP contribution in [0, 0.1) is 0 Å². The van der Waals surface area contributed by atoms with E-state index in [2.05, 4.69) is 11.6 Å². The van der Waals surface area contributed by atoms with Crippen LogP contribution in [0.3, 0.4) is 0 Å². The molecule has 0 aromatic heterocycles. The summed E-state index contributed by atoms with van der Waals surface area (Å²) in [4.78, 5) is 0. The molecule has 2 rings (SSSR count). The first-order valence-electron chi connectivity index (χ1n) is 7.45. The van der Waals surface area contributed by atoms with Crippen LogP contribution in [0.1, 0.15) is 43.8 Å². The molecule has 1 aromatic rings.